The fraction of sp³-hybridized carbons (Fsp3) is 0. The van der Waals surface area contributed by atoms with Crippen LogP contribution >= 0.6 is 0 Å². The Hall–Kier alpha value is -0.477. The number of hydrogen-bond donors (Lipinski definition) is 1. The number of rotatable bonds is 0. The van der Waals surface area contributed by atoms with Gasteiger partial charge in [0.1, 0.15) is 5.75 Å². The minimum Gasteiger partial charge on any atom is -0.508 e. The smallest absolute Gasteiger partial charge is 0.115 e. The molecule has 1 aromatic rings. The van der Waals surface area contributed by atoms with Gasteiger partial charge >= 0.3 is 0 Å². The molecule has 0 spiro atoms. The van der Waals surface area contributed by atoms with Crippen LogP contribution in [0, 0.1) is 0 Å². The van der Waals surface area contributed by atoms with Crippen molar-refractivity contribution < 1.29 is 10.6 Å². The van der Waals surface area contributed by atoms with Crippen LogP contribution in [0.2, 0.25) is 0 Å². The van der Waals surface area contributed by atoms with E-state index in [0.29, 0.717) is 5.75 Å². The fourth-order valence-corrected chi connectivity index (χ4v) is 0.428. The summed E-state index contributed by atoms with van der Waals surface area (Å²) < 4.78 is 0. The number of para-hydroxylation sites is 1. The van der Waals surface area contributed by atoms with Crippen molar-refractivity contribution in [1.82, 2.24) is 0 Å². The molecule has 1 aromatic carbocycles. The molecule has 0 aliphatic heterocycles. The molecule has 9 heavy (non-hydrogen) atoms. The topological polar surface area (TPSA) is 51.7 Å². The number of benzene rings is 1. The van der Waals surface area contributed by atoms with E-state index in [1.165, 1.54) is 0 Å². The van der Waals surface area contributed by atoms with Crippen LogP contribution in [0.25, 0.3) is 0 Å². The monoisotopic (exact) mass is 186 g/mol. The Kier molecular flexibility index (Phi) is 7.12. The van der Waals surface area contributed by atoms with E-state index in [4.69, 9.17) is 5.11 Å². The standard InChI is InChI=1S/C6H6O.Ge.H2O/c7-6-4-2-1-3-5-6;;/h1-5,7H;;1H2. The van der Waals surface area contributed by atoms with E-state index in [9.17, 15) is 0 Å². The summed E-state index contributed by atoms with van der Waals surface area (Å²) in [6.45, 7) is 0. The maximum Gasteiger partial charge on any atom is 0.115 e. The molecule has 0 aliphatic rings. The molecule has 0 unspecified atom stereocenters. The maximum absolute atomic E-state index is 8.63. The summed E-state index contributed by atoms with van der Waals surface area (Å²) in [5, 5.41) is 8.63. The maximum atomic E-state index is 8.63. The Labute approximate surface area is 64.8 Å². The molecule has 0 amide bonds. The van der Waals surface area contributed by atoms with E-state index < -0.39 is 0 Å². The molecule has 3 N–H and O–H groups in total. The minimum atomic E-state index is 0. The summed E-state index contributed by atoms with van der Waals surface area (Å²) in [5.41, 5.74) is 0. The van der Waals surface area contributed by atoms with Gasteiger partial charge in [-0.15, -0.1) is 0 Å². The average molecular weight is 185 g/mol. The molecule has 0 heterocycles. The quantitative estimate of drug-likeness (QED) is 0.575. The van der Waals surface area contributed by atoms with Crippen molar-refractivity contribution in [1.29, 1.82) is 0 Å². The van der Waals surface area contributed by atoms with Crippen LogP contribution in [-0.2, 0) is 0 Å². The van der Waals surface area contributed by atoms with Crippen molar-refractivity contribution in [2.24, 2.45) is 0 Å². The summed E-state index contributed by atoms with van der Waals surface area (Å²) >= 11 is 0. The van der Waals surface area contributed by atoms with Crippen LogP contribution in [-0.4, -0.2) is 28.2 Å². The Morgan fingerprint density at radius 2 is 1.44 bits per heavy atom. The summed E-state index contributed by atoms with van der Waals surface area (Å²) in [7, 11) is 0. The fourth-order valence-electron chi connectivity index (χ4n) is 0.428. The van der Waals surface area contributed by atoms with E-state index in [1.54, 1.807) is 24.3 Å². The molecule has 0 fully saturated rings. The second-order valence-electron chi connectivity index (χ2n) is 1.34. The molecule has 0 aromatic heterocycles. The molecule has 0 atom stereocenters. The van der Waals surface area contributed by atoms with E-state index >= 15 is 0 Å². The van der Waals surface area contributed by atoms with Crippen LogP contribution in [0.15, 0.2) is 30.3 Å². The molecule has 0 saturated carbocycles. The van der Waals surface area contributed by atoms with E-state index in [0.717, 1.165) is 0 Å². The van der Waals surface area contributed by atoms with Gasteiger partial charge in [-0.1, -0.05) is 18.2 Å². The number of phenols is 1. The minimum absolute atomic E-state index is 0. The third-order valence-electron chi connectivity index (χ3n) is 0.756. The molecule has 0 saturated heterocycles. The van der Waals surface area contributed by atoms with Crippen LogP contribution < -0.4 is 0 Å². The van der Waals surface area contributed by atoms with E-state index in [-0.39, 0.29) is 23.1 Å². The van der Waals surface area contributed by atoms with Gasteiger partial charge in [0, 0.05) is 17.6 Å². The first-order valence-electron chi connectivity index (χ1n) is 2.13. The first kappa shape index (κ1) is 11.3. The first-order valence-corrected chi connectivity index (χ1v) is 2.13. The second kappa shape index (κ2) is 5.66. The second-order valence-corrected chi connectivity index (χ2v) is 1.34. The normalized spacial score (nSPS) is 6.67. The van der Waals surface area contributed by atoms with Crippen LogP contribution in [0.5, 0.6) is 5.75 Å². The number of phenolic OH excluding ortho intramolecular Hbond substituents is 1. The van der Waals surface area contributed by atoms with Gasteiger partial charge in [-0.25, -0.2) is 0 Å². The van der Waals surface area contributed by atoms with Gasteiger partial charge in [0.25, 0.3) is 0 Å². The van der Waals surface area contributed by atoms with Gasteiger partial charge < -0.3 is 10.6 Å². The molecule has 0 aliphatic carbocycles. The predicted molar refractivity (Wildman–Crippen MR) is 37.5 cm³/mol. The Morgan fingerprint density at radius 3 is 1.67 bits per heavy atom. The van der Waals surface area contributed by atoms with Crippen molar-refractivity contribution in [3.63, 3.8) is 0 Å². The van der Waals surface area contributed by atoms with E-state index in [1.807, 2.05) is 6.07 Å². The zero-order chi connectivity index (χ0) is 5.11. The van der Waals surface area contributed by atoms with Gasteiger partial charge in [0.2, 0.25) is 0 Å². The largest absolute Gasteiger partial charge is 0.508 e. The Bertz CT molecular complexity index is 141. The van der Waals surface area contributed by atoms with Crippen molar-refractivity contribution >= 4 is 17.6 Å². The summed E-state index contributed by atoms with van der Waals surface area (Å²) in [4.78, 5) is 0. The zero-order valence-corrected chi connectivity index (χ0v) is 6.93. The van der Waals surface area contributed by atoms with Crippen LogP contribution in [0.4, 0.5) is 0 Å². The molecular formula is C6H8GeO2. The third kappa shape index (κ3) is 4.05. The van der Waals surface area contributed by atoms with Gasteiger partial charge in [0.05, 0.1) is 0 Å². The average Bonchev–Trinajstić information content (AvgIpc) is 1.69. The van der Waals surface area contributed by atoms with Crippen molar-refractivity contribution in [2.75, 3.05) is 0 Å². The summed E-state index contributed by atoms with van der Waals surface area (Å²) in [5.74, 6) is 0.322. The van der Waals surface area contributed by atoms with Gasteiger partial charge in [0.15, 0.2) is 0 Å². The third-order valence-corrected chi connectivity index (χ3v) is 0.756. The number of hydrogen-bond acceptors (Lipinski definition) is 1. The van der Waals surface area contributed by atoms with Crippen LogP contribution in [0.1, 0.15) is 0 Å². The Balaban J connectivity index is 0. The summed E-state index contributed by atoms with van der Waals surface area (Å²) in [6.07, 6.45) is 0. The zero-order valence-electron chi connectivity index (χ0n) is 4.83. The number of aromatic hydroxyl groups is 1. The van der Waals surface area contributed by atoms with Gasteiger partial charge in [-0.3, -0.25) is 0 Å². The molecule has 4 radical (unpaired) electrons. The van der Waals surface area contributed by atoms with Crippen molar-refractivity contribution in [3.8, 4) is 5.75 Å². The SMILES string of the molecule is O.Oc1ccccc1.[Ge]. The summed E-state index contributed by atoms with van der Waals surface area (Å²) in [6, 6.07) is 8.71. The predicted octanol–water partition coefficient (Wildman–Crippen LogP) is 0.187. The first-order chi connectivity index (χ1) is 3.39. The van der Waals surface area contributed by atoms with E-state index in [2.05, 4.69) is 0 Å². The molecule has 0 bridgehead atoms. The van der Waals surface area contributed by atoms with Gasteiger partial charge in [-0.05, 0) is 12.1 Å². The molecule has 3 heteroatoms. The van der Waals surface area contributed by atoms with Crippen molar-refractivity contribution in [2.45, 2.75) is 0 Å². The molecular weight excluding hydrogens is 177 g/mol. The molecule has 1 rings (SSSR count). The Morgan fingerprint density at radius 1 is 1.00 bits per heavy atom. The van der Waals surface area contributed by atoms with Gasteiger partial charge in [-0.2, -0.15) is 0 Å². The van der Waals surface area contributed by atoms with Crippen molar-refractivity contribution in [3.05, 3.63) is 30.3 Å². The molecule has 48 valence electrons. The molecule has 2 nitrogen and oxygen atoms in total. The van der Waals surface area contributed by atoms with Crippen LogP contribution in [0.3, 0.4) is 0 Å².